The molecule has 8 heteroatoms. The summed E-state index contributed by atoms with van der Waals surface area (Å²) in [5.41, 5.74) is 0. The number of hydrogen-bond donors (Lipinski definition) is 0. The highest BCUT2D eigenvalue weighted by Gasteiger charge is 2.51. The average molecular weight is 568 g/mol. The smallest absolute Gasteiger partial charge is 0.303 e. The van der Waals surface area contributed by atoms with Gasteiger partial charge in [-0.1, -0.05) is 0 Å². The molecule has 0 aromatic rings. The fraction of sp³-hybridized carbons (Fsp3) is 0.750. The molecule has 0 spiro atoms. The molecular weight excluding hydrogens is 538 g/mol. The first kappa shape index (κ1) is 26.3. The van der Waals surface area contributed by atoms with Crippen LogP contribution >= 0.6 is 0 Å². The first-order valence-corrected chi connectivity index (χ1v) is 7.49. The van der Waals surface area contributed by atoms with Gasteiger partial charge in [0.05, 0.1) is 42.3 Å². The molecule has 0 aromatic heterocycles. The van der Waals surface area contributed by atoms with Gasteiger partial charge in [-0.05, 0) is 12.2 Å². The molecule has 142 valence electrons. The monoisotopic (exact) mass is 568 g/mol. The molecule has 0 bridgehead atoms. The SMILES string of the molecule is CC(=O)OC1C([N+](C)(C)C)C=C[C@@H]([N+](C)(C)C)[C@@H]1OC(C)=O.[I-].[I-]. The minimum absolute atomic E-state index is 0. The van der Waals surface area contributed by atoms with Crippen molar-refractivity contribution in [3.63, 3.8) is 0 Å². The molecular formula is C16H30I2N2O4. The Bertz CT molecular complexity index is 428. The van der Waals surface area contributed by atoms with Gasteiger partial charge in [0.2, 0.25) is 0 Å². The molecule has 0 aliphatic heterocycles. The molecule has 24 heavy (non-hydrogen) atoms. The van der Waals surface area contributed by atoms with Crippen LogP contribution in [0.1, 0.15) is 13.8 Å². The first-order chi connectivity index (χ1) is 9.84. The zero-order valence-corrected chi connectivity index (χ0v) is 20.1. The number of esters is 2. The van der Waals surface area contributed by atoms with E-state index in [-0.39, 0.29) is 72.0 Å². The number of hydrogen-bond acceptors (Lipinski definition) is 4. The summed E-state index contributed by atoms with van der Waals surface area (Å²) in [4.78, 5) is 23.1. The molecule has 1 aliphatic rings. The van der Waals surface area contributed by atoms with Crippen molar-refractivity contribution in [2.75, 3.05) is 42.3 Å². The van der Waals surface area contributed by atoms with E-state index in [4.69, 9.17) is 9.47 Å². The number of ether oxygens (including phenoxy) is 2. The summed E-state index contributed by atoms with van der Waals surface area (Å²) in [5.74, 6) is -0.730. The number of rotatable bonds is 4. The Kier molecular flexibility index (Phi) is 10.6. The Balaban J connectivity index is 0. The number of likely N-dealkylation sites (N-methyl/N-ethyl adjacent to an activating group) is 2. The van der Waals surface area contributed by atoms with Crippen molar-refractivity contribution in [3.05, 3.63) is 12.2 Å². The Hall–Kier alpha value is 0.0600. The molecule has 0 aromatic carbocycles. The van der Waals surface area contributed by atoms with Gasteiger partial charge in [-0.15, -0.1) is 0 Å². The number of carbonyl (C=O) groups excluding carboxylic acids is 2. The van der Waals surface area contributed by atoms with Gasteiger partial charge in [-0.25, -0.2) is 0 Å². The van der Waals surface area contributed by atoms with Crippen molar-refractivity contribution in [3.8, 4) is 0 Å². The molecule has 0 N–H and O–H groups in total. The summed E-state index contributed by atoms with van der Waals surface area (Å²) < 4.78 is 12.3. The van der Waals surface area contributed by atoms with Gasteiger partial charge < -0.3 is 66.4 Å². The van der Waals surface area contributed by atoms with Gasteiger partial charge in [-0.2, -0.15) is 0 Å². The summed E-state index contributed by atoms with van der Waals surface area (Å²) >= 11 is 0. The van der Waals surface area contributed by atoms with E-state index in [1.807, 2.05) is 42.3 Å². The molecule has 0 heterocycles. The Morgan fingerprint density at radius 1 is 0.708 bits per heavy atom. The van der Waals surface area contributed by atoms with E-state index in [0.717, 1.165) is 0 Å². The summed E-state index contributed by atoms with van der Waals surface area (Å²) in [6.07, 6.45) is 3.13. The molecule has 1 rings (SSSR count). The number of quaternary nitrogens is 2. The van der Waals surface area contributed by atoms with Crippen LogP contribution in [0, 0.1) is 0 Å². The zero-order valence-electron chi connectivity index (χ0n) is 15.7. The second-order valence-electron chi connectivity index (χ2n) is 7.75. The molecule has 0 saturated carbocycles. The second kappa shape index (κ2) is 9.67. The predicted octanol–water partition coefficient (Wildman–Crippen LogP) is -5.42. The summed E-state index contributed by atoms with van der Waals surface area (Å²) in [6, 6.07) is -0.146. The maximum Gasteiger partial charge on any atom is 0.303 e. The molecule has 2 unspecified atom stereocenters. The number of carbonyl (C=O) groups is 2. The summed E-state index contributed by atoms with van der Waals surface area (Å²) in [6.45, 7) is 2.77. The van der Waals surface area contributed by atoms with Crippen molar-refractivity contribution < 1.29 is 76.0 Å². The van der Waals surface area contributed by atoms with Crippen LogP contribution in [0.15, 0.2) is 12.2 Å². The highest BCUT2D eigenvalue weighted by Crippen LogP contribution is 2.29. The zero-order chi connectivity index (χ0) is 17.3. The van der Waals surface area contributed by atoms with Crippen LogP contribution in [0.3, 0.4) is 0 Å². The largest absolute Gasteiger partial charge is 1.00 e. The third kappa shape index (κ3) is 7.12. The fourth-order valence-corrected chi connectivity index (χ4v) is 2.89. The minimum atomic E-state index is -0.506. The van der Waals surface area contributed by atoms with Gasteiger partial charge in [0.25, 0.3) is 0 Å². The molecule has 0 fully saturated rings. The van der Waals surface area contributed by atoms with E-state index in [9.17, 15) is 9.59 Å². The Morgan fingerprint density at radius 2 is 0.958 bits per heavy atom. The lowest BCUT2D eigenvalue weighted by molar-refractivity contribution is -0.905. The highest BCUT2D eigenvalue weighted by atomic mass is 127. The molecule has 4 atom stereocenters. The van der Waals surface area contributed by atoms with Crippen LogP contribution < -0.4 is 48.0 Å². The van der Waals surface area contributed by atoms with E-state index >= 15 is 0 Å². The van der Waals surface area contributed by atoms with Crippen LogP contribution in [-0.2, 0) is 19.1 Å². The van der Waals surface area contributed by atoms with Gasteiger partial charge in [0.1, 0.15) is 12.1 Å². The predicted molar refractivity (Wildman–Crippen MR) is 83.9 cm³/mol. The lowest BCUT2D eigenvalue weighted by Gasteiger charge is -2.46. The van der Waals surface area contributed by atoms with Crippen molar-refractivity contribution in [1.82, 2.24) is 0 Å². The van der Waals surface area contributed by atoms with Crippen LogP contribution in [0.5, 0.6) is 0 Å². The number of halogens is 2. The van der Waals surface area contributed by atoms with Gasteiger partial charge in [-0.3, -0.25) is 9.59 Å². The van der Waals surface area contributed by atoms with Crippen molar-refractivity contribution >= 4 is 11.9 Å². The van der Waals surface area contributed by atoms with Gasteiger partial charge in [0.15, 0.2) is 12.2 Å². The van der Waals surface area contributed by atoms with Crippen molar-refractivity contribution in [2.45, 2.75) is 38.1 Å². The van der Waals surface area contributed by atoms with E-state index in [0.29, 0.717) is 8.97 Å². The molecule has 6 nitrogen and oxygen atoms in total. The molecule has 0 saturated heterocycles. The number of nitrogens with zero attached hydrogens (tertiary/aromatic N) is 2. The Morgan fingerprint density at radius 3 is 1.12 bits per heavy atom. The Labute approximate surface area is 179 Å². The molecule has 0 amide bonds. The van der Waals surface area contributed by atoms with Crippen LogP contribution in [0.25, 0.3) is 0 Å². The quantitative estimate of drug-likeness (QED) is 0.147. The second-order valence-corrected chi connectivity index (χ2v) is 7.75. The van der Waals surface area contributed by atoms with E-state index < -0.39 is 12.2 Å². The third-order valence-electron chi connectivity index (χ3n) is 3.90. The van der Waals surface area contributed by atoms with E-state index in [2.05, 4.69) is 12.2 Å². The van der Waals surface area contributed by atoms with Crippen LogP contribution in [-0.4, -0.2) is 87.5 Å². The standard InChI is InChI=1S/C16H30N2O4.2HI/c1-11(19)21-15-13(17(3,4)5)9-10-14(18(6,7)8)16(15)22-12(2)20;;/h9-10,13-16H,1-8H3;2*1H/q+2;;/p-2/t13-,14?,15+,16?;;/m1../s1. The van der Waals surface area contributed by atoms with Gasteiger partial charge >= 0.3 is 11.9 Å². The van der Waals surface area contributed by atoms with Crippen LogP contribution in [0.2, 0.25) is 0 Å². The summed E-state index contributed by atoms with van der Waals surface area (Å²) in [5, 5.41) is 0. The normalized spacial score (nSPS) is 26.7. The molecule has 0 radical (unpaired) electrons. The van der Waals surface area contributed by atoms with Crippen molar-refractivity contribution in [1.29, 1.82) is 0 Å². The van der Waals surface area contributed by atoms with E-state index in [1.54, 1.807) is 0 Å². The van der Waals surface area contributed by atoms with E-state index in [1.165, 1.54) is 13.8 Å². The topological polar surface area (TPSA) is 52.6 Å². The lowest BCUT2D eigenvalue weighted by Crippen LogP contribution is -3.00. The summed E-state index contributed by atoms with van der Waals surface area (Å²) in [7, 11) is 12.2. The third-order valence-corrected chi connectivity index (χ3v) is 3.90. The van der Waals surface area contributed by atoms with Crippen molar-refractivity contribution in [2.24, 2.45) is 0 Å². The maximum atomic E-state index is 11.6. The molecule has 1 aliphatic carbocycles. The highest BCUT2D eigenvalue weighted by molar-refractivity contribution is 5.67. The lowest BCUT2D eigenvalue weighted by atomic mass is 9.88. The van der Waals surface area contributed by atoms with Gasteiger partial charge in [0, 0.05) is 13.8 Å². The van der Waals surface area contributed by atoms with Crippen LogP contribution in [0.4, 0.5) is 0 Å². The fourth-order valence-electron chi connectivity index (χ4n) is 2.89. The minimum Gasteiger partial charge on any atom is -1.00 e. The average Bonchev–Trinajstić information content (AvgIpc) is 2.26. The first-order valence-electron chi connectivity index (χ1n) is 7.49. The maximum absolute atomic E-state index is 11.6.